The van der Waals surface area contributed by atoms with Gasteiger partial charge in [0.2, 0.25) is 0 Å². The number of allylic oxidation sites excluding steroid dienone is 10. The van der Waals surface area contributed by atoms with Gasteiger partial charge in [-0.25, -0.2) is 0 Å². The monoisotopic (exact) mass is 1120 g/mol. The van der Waals surface area contributed by atoms with Gasteiger partial charge < -0.3 is 14.2 Å². The van der Waals surface area contributed by atoms with Crippen molar-refractivity contribution in [2.45, 2.75) is 380 Å². The smallest absolute Gasteiger partial charge is 0.306 e. The number of ether oxygens (including phenoxy) is 3. The zero-order valence-electron chi connectivity index (χ0n) is 53.6. The van der Waals surface area contributed by atoms with Crippen LogP contribution in [0.2, 0.25) is 0 Å². The molecule has 0 fully saturated rings. The van der Waals surface area contributed by atoms with Crippen LogP contribution in [0.3, 0.4) is 0 Å². The molecule has 0 bridgehead atoms. The van der Waals surface area contributed by atoms with Crippen molar-refractivity contribution in [2.75, 3.05) is 13.2 Å². The van der Waals surface area contributed by atoms with Crippen LogP contribution in [-0.2, 0) is 28.6 Å². The van der Waals surface area contributed by atoms with E-state index in [1.165, 1.54) is 244 Å². The molecule has 0 saturated carbocycles. The first kappa shape index (κ1) is 77.1. The van der Waals surface area contributed by atoms with Crippen LogP contribution in [0.4, 0.5) is 0 Å². The van der Waals surface area contributed by atoms with Crippen molar-refractivity contribution >= 4 is 17.9 Å². The summed E-state index contributed by atoms with van der Waals surface area (Å²) in [4.78, 5) is 38.4. The molecule has 0 rings (SSSR count). The zero-order valence-corrected chi connectivity index (χ0v) is 53.6. The number of carbonyl (C=O) groups excluding carboxylic acids is 3. The number of carbonyl (C=O) groups is 3. The van der Waals surface area contributed by atoms with E-state index in [9.17, 15) is 14.4 Å². The Balaban J connectivity index is 4.16. The standard InChI is InChI=1S/C74H134O6/c1-4-7-10-13-16-19-22-25-27-29-31-32-33-34-35-36-37-38-39-40-41-42-43-45-46-49-52-55-58-61-64-67-73(76)79-70-71(69-78-72(75)66-63-60-57-54-51-48-24-21-18-15-12-9-6-3)80-74(77)68-65-62-59-56-53-50-47-44-30-28-26-23-20-17-14-11-8-5-2/h7,10,16,19,21,24-25,27,31-32,71H,4-6,8-9,11-15,17-18,20,22-23,26,28-30,33-70H2,1-3H3/b10-7-,19-16-,24-21-,27-25-,32-31-. The summed E-state index contributed by atoms with van der Waals surface area (Å²) in [7, 11) is 0. The number of hydrogen-bond donors (Lipinski definition) is 0. The minimum Gasteiger partial charge on any atom is -0.462 e. The zero-order chi connectivity index (χ0) is 57.8. The Morgan fingerprint density at radius 3 is 0.787 bits per heavy atom. The molecule has 0 saturated heterocycles. The van der Waals surface area contributed by atoms with Crippen molar-refractivity contribution in [2.24, 2.45) is 0 Å². The van der Waals surface area contributed by atoms with Gasteiger partial charge in [0.1, 0.15) is 13.2 Å². The van der Waals surface area contributed by atoms with Crippen molar-refractivity contribution in [1.82, 2.24) is 0 Å². The summed E-state index contributed by atoms with van der Waals surface area (Å²) < 4.78 is 17.0. The Labute approximate surface area is 498 Å². The molecule has 6 nitrogen and oxygen atoms in total. The molecule has 466 valence electrons. The second-order valence-corrected chi connectivity index (χ2v) is 23.8. The molecule has 1 atom stereocenters. The fourth-order valence-corrected chi connectivity index (χ4v) is 10.5. The van der Waals surface area contributed by atoms with Crippen LogP contribution in [0.1, 0.15) is 374 Å². The SMILES string of the molecule is CC/C=C\C/C=C\C/C=C\C/C=C\CCCCCCCCCCCCCCCCCCCCC(=O)OCC(COC(=O)CCCCCCC/C=C\CCCCCC)OC(=O)CCCCCCCCCCCCCCCCCCCC. The summed E-state index contributed by atoms with van der Waals surface area (Å²) in [5, 5.41) is 0. The molecule has 6 heteroatoms. The molecule has 0 aromatic rings. The number of unbranched alkanes of at least 4 members (excludes halogenated alkanes) is 44. The van der Waals surface area contributed by atoms with E-state index >= 15 is 0 Å². The fourth-order valence-electron chi connectivity index (χ4n) is 10.5. The molecule has 80 heavy (non-hydrogen) atoms. The van der Waals surface area contributed by atoms with Gasteiger partial charge in [-0.1, -0.05) is 332 Å². The van der Waals surface area contributed by atoms with Crippen LogP contribution < -0.4 is 0 Å². The van der Waals surface area contributed by atoms with E-state index in [1.807, 2.05) is 0 Å². The van der Waals surface area contributed by atoms with Gasteiger partial charge in [-0.2, -0.15) is 0 Å². The van der Waals surface area contributed by atoms with Gasteiger partial charge in [-0.15, -0.1) is 0 Å². The van der Waals surface area contributed by atoms with Crippen LogP contribution in [0.25, 0.3) is 0 Å². The lowest BCUT2D eigenvalue weighted by atomic mass is 10.0. The molecule has 0 aliphatic carbocycles. The molecular formula is C74H134O6. The average Bonchev–Trinajstić information content (AvgIpc) is 3.46. The van der Waals surface area contributed by atoms with Crippen LogP contribution in [0.15, 0.2) is 60.8 Å². The highest BCUT2D eigenvalue weighted by atomic mass is 16.6. The van der Waals surface area contributed by atoms with Crippen LogP contribution in [0, 0.1) is 0 Å². The average molecular weight is 1120 g/mol. The van der Waals surface area contributed by atoms with Gasteiger partial charge in [0.05, 0.1) is 0 Å². The third-order valence-electron chi connectivity index (χ3n) is 15.8. The van der Waals surface area contributed by atoms with Crippen LogP contribution in [0.5, 0.6) is 0 Å². The van der Waals surface area contributed by atoms with Gasteiger partial charge >= 0.3 is 17.9 Å². The van der Waals surface area contributed by atoms with Crippen molar-refractivity contribution in [1.29, 1.82) is 0 Å². The van der Waals surface area contributed by atoms with Crippen molar-refractivity contribution in [3.63, 3.8) is 0 Å². The lowest BCUT2D eigenvalue weighted by Gasteiger charge is -2.18. The van der Waals surface area contributed by atoms with Gasteiger partial charge in [0.25, 0.3) is 0 Å². The highest BCUT2D eigenvalue weighted by Crippen LogP contribution is 2.18. The predicted molar refractivity (Wildman–Crippen MR) is 348 cm³/mol. The third-order valence-corrected chi connectivity index (χ3v) is 15.8. The Kier molecular flexibility index (Phi) is 66.1. The topological polar surface area (TPSA) is 78.9 Å². The highest BCUT2D eigenvalue weighted by Gasteiger charge is 2.19. The van der Waals surface area contributed by atoms with E-state index < -0.39 is 6.10 Å². The van der Waals surface area contributed by atoms with Crippen molar-refractivity contribution in [3.05, 3.63) is 60.8 Å². The maximum Gasteiger partial charge on any atom is 0.306 e. The molecule has 0 aromatic heterocycles. The predicted octanol–water partition coefficient (Wildman–Crippen LogP) is 24.3. The Morgan fingerprint density at radius 2 is 0.487 bits per heavy atom. The maximum atomic E-state index is 12.9. The largest absolute Gasteiger partial charge is 0.462 e. The quantitative estimate of drug-likeness (QED) is 0.0261. The van der Waals surface area contributed by atoms with Gasteiger partial charge in [-0.05, 0) is 83.5 Å². The number of esters is 3. The van der Waals surface area contributed by atoms with E-state index in [2.05, 4.69) is 81.5 Å². The van der Waals surface area contributed by atoms with Gasteiger partial charge in [0.15, 0.2) is 6.10 Å². The van der Waals surface area contributed by atoms with E-state index in [4.69, 9.17) is 14.2 Å². The first-order chi connectivity index (χ1) is 39.5. The summed E-state index contributed by atoms with van der Waals surface area (Å²) in [5.41, 5.74) is 0. The van der Waals surface area contributed by atoms with Crippen LogP contribution >= 0.6 is 0 Å². The summed E-state index contributed by atoms with van der Waals surface area (Å²) in [5.74, 6) is -0.853. The lowest BCUT2D eigenvalue weighted by Crippen LogP contribution is -2.30. The van der Waals surface area contributed by atoms with Gasteiger partial charge in [0, 0.05) is 19.3 Å². The maximum absolute atomic E-state index is 12.9. The Bertz CT molecular complexity index is 1430. The molecule has 0 heterocycles. The molecule has 1 unspecified atom stereocenters. The molecule has 0 aliphatic rings. The van der Waals surface area contributed by atoms with E-state index in [0.29, 0.717) is 19.3 Å². The molecule has 0 amide bonds. The first-order valence-corrected chi connectivity index (χ1v) is 35.3. The molecule has 0 spiro atoms. The van der Waals surface area contributed by atoms with Crippen LogP contribution in [-0.4, -0.2) is 37.2 Å². The van der Waals surface area contributed by atoms with E-state index in [1.54, 1.807) is 0 Å². The summed E-state index contributed by atoms with van der Waals surface area (Å²) in [6.07, 6.45) is 88.3. The second-order valence-electron chi connectivity index (χ2n) is 23.8. The minimum absolute atomic E-state index is 0.0707. The molecule has 0 aliphatic heterocycles. The third kappa shape index (κ3) is 65.9. The first-order valence-electron chi connectivity index (χ1n) is 35.3. The van der Waals surface area contributed by atoms with Gasteiger partial charge in [-0.3, -0.25) is 14.4 Å². The molecule has 0 radical (unpaired) electrons. The molecular weight excluding hydrogens is 985 g/mol. The Hall–Kier alpha value is -2.89. The van der Waals surface area contributed by atoms with E-state index in [-0.39, 0.29) is 31.1 Å². The lowest BCUT2D eigenvalue weighted by molar-refractivity contribution is -0.167. The minimum atomic E-state index is -0.774. The summed E-state index contributed by atoms with van der Waals surface area (Å²) in [6, 6.07) is 0. The van der Waals surface area contributed by atoms with E-state index in [0.717, 1.165) is 89.9 Å². The fraction of sp³-hybridized carbons (Fsp3) is 0.824. The molecule has 0 N–H and O–H groups in total. The number of rotatable bonds is 65. The normalized spacial score (nSPS) is 12.4. The highest BCUT2D eigenvalue weighted by molar-refractivity contribution is 5.71. The van der Waals surface area contributed by atoms with Crippen molar-refractivity contribution in [3.8, 4) is 0 Å². The number of hydrogen-bond acceptors (Lipinski definition) is 6. The summed E-state index contributed by atoms with van der Waals surface area (Å²) in [6.45, 7) is 6.57. The second kappa shape index (κ2) is 68.6. The van der Waals surface area contributed by atoms with Crippen molar-refractivity contribution < 1.29 is 28.6 Å². The Morgan fingerprint density at radius 1 is 0.263 bits per heavy atom. The molecule has 0 aromatic carbocycles. The summed E-state index contributed by atoms with van der Waals surface area (Å²) >= 11 is 0.